The molecule has 1 heterocycles. The Labute approximate surface area is 98.0 Å². The number of benzene rings is 1. The maximum Gasteiger partial charge on any atom is 0.0733 e. The minimum absolute atomic E-state index is 0.764. The quantitative estimate of drug-likeness (QED) is 0.862. The Balaban J connectivity index is 2.25. The zero-order chi connectivity index (χ0) is 10.8. The molecule has 0 aliphatic heterocycles. The second kappa shape index (κ2) is 4.29. The summed E-state index contributed by atoms with van der Waals surface area (Å²) in [7, 11) is 0. The first-order valence-corrected chi connectivity index (χ1v) is 5.81. The third-order valence-electron chi connectivity index (χ3n) is 2.09. The van der Waals surface area contributed by atoms with E-state index in [4.69, 9.17) is 11.6 Å². The highest BCUT2D eigenvalue weighted by Crippen LogP contribution is 2.32. The van der Waals surface area contributed by atoms with Gasteiger partial charge in [0.1, 0.15) is 0 Å². The summed E-state index contributed by atoms with van der Waals surface area (Å²) in [4.78, 5) is 2.37. The normalized spacial score (nSPS) is 10.6. The predicted molar refractivity (Wildman–Crippen MR) is 63.6 cm³/mol. The first kappa shape index (κ1) is 10.6. The maximum atomic E-state index is 5.83. The summed E-state index contributed by atoms with van der Waals surface area (Å²) in [5.74, 6) is 0. The average Bonchev–Trinajstić information content (AvgIpc) is 2.53. The monoisotopic (exact) mass is 238 g/mol. The molecule has 0 saturated heterocycles. The zero-order valence-electron chi connectivity index (χ0n) is 8.54. The number of halogens is 1. The molecular weight excluding hydrogens is 228 g/mol. The van der Waals surface area contributed by atoms with Crippen molar-refractivity contribution >= 4 is 23.4 Å². The van der Waals surface area contributed by atoms with E-state index < -0.39 is 0 Å². The van der Waals surface area contributed by atoms with E-state index in [1.165, 1.54) is 9.79 Å². The van der Waals surface area contributed by atoms with E-state index in [9.17, 15) is 0 Å². The van der Waals surface area contributed by atoms with Crippen molar-refractivity contribution in [3.8, 4) is 0 Å². The summed E-state index contributed by atoms with van der Waals surface area (Å²) in [6, 6.07) is 7.82. The Morgan fingerprint density at radius 2 is 1.87 bits per heavy atom. The third kappa shape index (κ3) is 2.36. The van der Waals surface area contributed by atoms with Gasteiger partial charge in [-0.25, -0.2) is 0 Å². The fourth-order valence-electron chi connectivity index (χ4n) is 1.31. The Morgan fingerprint density at radius 3 is 2.40 bits per heavy atom. The Morgan fingerprint density at radius 1 is 1.20 bits per heavy atom. The van der Waals surface area contributed by atoms with Gasteiger partial charge in [-0.2, -0.15) is 5.10 Å². The third-order valence-corrected chi connectivity index (χ3v) is 3.66. The smallest absolute Gasteiger partial charge is 0.0733 e. The van der Waals surface area contributed by atoms with Crippen LogP contribution in [0.3, 0.4) is 0 Å². The minimum atomic E-state index is 0.764. The SMILES string of the molecule is Cc1n[nH]c(C)c1Sc1ccc(Cl)cc1. The van der Waals surface area contributed by atoms with Gasteiger partial charge < -0.3 is 0 Å². The van der Waals surface area contributed by atoms with Gasteiger partial charge in [0, 0.05) is 15.6 Å². The van der Waals surface area contributed by atoms with Crippen LogP contribution in [-0.4, -0.2) is 10.2 Å². The first-order chi connectivity index (χ1) is 7.16. The molecule has 1 aromatic carbocycles. The molecule has 0 aliphatic carbocycles. The van der Waals surface area contributed by atoms with Crippen LogP contribution >= 0.6 is 23.4 Å². The summed E-state index contributed by atoms with van der Waals surface area (Å²) in [6.07, 6.45) is 0. The lowest BCUT2D eigenvalue weighted by atomic mass is 10.4. The summed E-state index contributed by atoms with van der Waals surface area (Å²) < 4.78 is 0. The standard InChI is InChI=1S/C11H11ClN2S/c1-7-11(8(2)14-13-7)15-10-5-3-9(12)4-6-10/h3-6H,1-2H3,(H,13,14). The van der Waals surface area contributed by atoms with E-state index in [-0.39, 0.29) is 0 Å². The molecule has 2 aromatic rings. The molecule has 0 saturated carbocycles. The molecule has 1 aromatic heterocycles. The molecule has 0 bridgehead atoms. The van der Waals surface area contributed by atoms with Gasteiger partial charge in [-0.1, -0.05) is 23.4 Å². The highest BCUT2D eigenvalue weighted by atomic mass is 35.5. The van der Waals surface area contributed by atoms with Crippen LogP contribution in [0.2, 0.25) is 5.02 Å². The topological polar surface area (TPSA) is 28.7 Å². The molecule has 0 spiro atoms. The second-order valence-corrected chi connectivity index (χ2v) is 4.84. The molecule has 0 aliphatic rings. The molecule has 2 nitrogen and oxygen atoms in total. The van der Waals surface area contributed by atoms with Gasteiger partial charge in [-0.3, -0.25) is 5.10 Å². The van der Waals surface area contributed by atoms with Crippen LogP contribution in [0.25, 0.3) is 0 Å². The molecule has 0 fully saturated rings. The van der Waals surface area contributed by atoms with Gasteiger partial charge >= 0.3 is 0 Å². The molecule has 4 heteroatoms. The van der Waals surface area contributed by atoms with E-state index in [0.29, 0.717) is 0 Å². The van der Waals surface area contributed by atoms with E-state index >= 15 is 0 Å². The maximum absolute atomic E-state index is 5.83. The van der Waals surface area contributed by atoms with Gasteiger partial charge in [-0.05, 0) is 38.1 Å². The number of H-pyrrole nitrogens is 1. The molecule has 0 amide bonds. The number of aromatic nitrogens is 2. The van der Waals surface area contributed by atoms with Crippen molar-refractivity contribution in [2.24, 2.45) is 0 Å². The Hall–Kier alpha value is -0.930. The lowest BCUT2D eigenvalue weighted by Crippen LogP contribution is -1.77. The predicted octanol–water partition coefficient (Wildman–Crippen LogP) is 3.83. The molecule has 0 radical (unpaired) electrons. The van der Waals surface area contributed by atoms with Gasteiger partial charge in [0.05, 0.1) is 10.6 Å². The number of hydrogen-bond donors (Lipinski definition) is 1. The van der Waals surface area contributed by atoms with E-state index in [1.807, 2.05) is 38.1 Å². The van der Waals surface area contributed by atoms with E-state index in [0.717, 1.165) is 16.4 Å². The summed E-state index contributed by atoms with van der Waals surface area (Å²) in [6.45, 7) is 4.03. The number of aromatic amines is 1. The van der Waals surface area contributed by atoms with Crippen LogP contribution < -0.4 is 0 Å². The second-order valence-electron chi connectivity index (χ2n) is 3.32. The van der Waals surface area contributed by atoms with Gasteiger partial charge in [0.2, 0.25) is 0 Å². The van der Waals surface area contributed by atoms with Crippen molar-refractivity contribution in [3.05, 3.63) is 40.7 Å². The Kier molecular flexibility index (Phi) is 3.03. The van der Waals surface area contributed by atoms with Crippen LogP contribution in [0.4, 0.5) is 0 Å². The average molecular weight is 239 g/mol. The molecule has 0 unspecified atom stereocenters. The number of aryl methyl sites for hydroxylation is 2. The van der Waals surface area contributed by atoms with Crippen molar-refractivity contribution in [2.75, 3.05) is 0 Å². The molecule has 15 heavy (non-hydrogen) atoms. The summed E-state index contributed by atoms with van der Waals surface area (Å²) >= 11 is 7.53. The lowest BCUT2D eigenvalue weighted by Gasteiger charge is -2.01. The van der Waals surface area contributed by atoms with Gasteiger partial charge in [-0.15, -0.1) is 0 Å². The van der Waals surface area contributed by atoms with Crippen LogP contribution in [0, 0.1) is 13.8 Å². The molecule has 78 valence electrons. The molecule has 2 rings (SSSR count). The highest BCUT2D eigenvalue weighted by molar-refractivity contribution is 7.99. The Bertz CT molecular complexity index is 442. The first-order valence-electron chi connectivity index (χ1n) is 4.62. The molecule has 0 atom stereocenters. The van der Waals surface area contributed by atoms with Crippen molar-refractivity contribution in [3.63, 3.8) is 0 Å². The molecule has 1 N–H and O–H groups in total. The highest BCUT2D eigenvalue weighted by Gasteiger charge is 2.07. The number of rotatable bonds is 2. The van der Waals surface area contributed by atoms with Gasteiger partial charge in [0.15, 0.2) is 0 Å². The van der Waals surface area contributed by atoms with Crippen molar-refractivity contribution < 1.29 is 0 Å². The molecular formula is C11H11ClN2S. The van der Waals surface area contributed by atoms with E-state index in [1.54, 1.807) is 11.8 Å². The number of hydrogen-bond acceptors (Lipinski definition) is 2. The van der Waals surface area contributed by atoms with Crippen LogP contribution in [-0.2, 0) is 0 Å². The number of nitrogens with one attached hydrogen (secondary N) is 1. The van der Waals surface area contributed by atoms with Crippen LogP contribution in [0.1, 0.15) is 11.4 Å². The largest absolute Gasteiger partial charge is 0.281 e. The zero-order valence-corrected chi connectivity index (χ0v) is 10.1. The van der Waals surface area contributed by atoms with Crippen LogP contribution in [0.15, 0.2) is 34.1 Å². The van der Waals surface area contributed by atoms with E-state index in [2.05, 4.69) is 10.2 Å². The minimum Gasteiger partial charge on any atom is -0.281 e. The summed E-state index contributed by atoms with van der Waals surface area (Å²) in [5.41, 5.74) is 2.14. The van der Waals surface area contributed by atoms with Crippen molar-refractivity contribution in [1.29, 1.82) is 0 Å². The fourth-order valence-corrected chi connectivity index (χ4v) is 2.34. The lowest BCUT2D eigenvalue weighted by molar-refractivity contribution is 1.02. The van der Waals surface area contributed by atoms with Gasteiger partial charge in [0.25, 0.3) is 0 Å². The van der Waals surface area contributed by atoms with Crippen molar-refractivity contribution in [1.82, 2.24) is 10.2 Å². The summed E-state index contributed by atoms with van der Waals surface area (Å²) in [5, 5.41) is 7.89. The van der Waals surface area contributed by atoms with Crippen LogP contribution in [0.5, 0.6) is 0 Å². The number of nitrogens with zero attached hydrogens (tertiary/aromatic N) is 1. The fraction of sp³-hybridized carbons (Fsp3) is 0.182. The van der Waals surface area contributed by atoms with Crippen molar-refractivity contribution in [2.45, 2.75) is 23.6 Å².